The quantitative estimate of drug-likeness (QED) is 0.246. The molecule has 0 amide bonds. The molecule has 0 radical (unpaired) electrons. The number of hydrogen-bond acceptors (Lipinski definition) is 7. The van der Waals surface area contributed by atoms with Crippen LogP contribution in [0.2, 0.25) is 15.9 Å². The van der Waals surface area contributed by atoms with Gasteiger partial charge in [-0.15, -0.1) is 0 Å². The van der Waals surface area contributed by atoms with Crippen LogP contribution < -0.4 is 5.32 Å². The maximum absolute atomic E-state index is 5.71. The zero-order chi connectivity index (χ0) is 30.6. The summed E-state index contributed by atoms with van der Waals surface area (Å²) in [4.78, 5) is 22.9. The second-order valence-electron chi connectivity index (χ2n) is 6.04. The van der Waals surface area contributed by atoms with Crippen molar-refractivity contribution in [2.45, 2.75) is 76.2 Å². The van der Waals surface area contributed by atoms with Crippen molar-refractivity contribution in [2.75, 3.05) is 5.32 Å². The molecular formula is C29H44Cl3N7. The highest BCUT2D eigenvalue weighted by Gasteiger charge is 2.01. The van der Waals surface area contributed by atoms with Crippen molar-refractivity contribution in [1.29, 1.82) is 0 Å². The van der Waals surface area contributed by atoms with Crippen LogP contribution in [0.3, 0.4) is 0 Å². The molecule has 0 atom stereocenters. The summed E-state index contributed by atoms with van der Waals surface area (Å²) in [5, 5.41) is 3.50. The predicted molar refractivity (Wildman–Crippen MR) is 170 cm³/mol. The Morgan fingerprint density at radius 3 is 1.15 bits per heavy atom. The average Bonchev–Trinajstić information content (AvgIpc) is 2.94. The zero-order valence-corrected chi connectivity index (χ0v) is 27.4. The third-order valence-corrected chi connectivity index (χ3v) is 3.89. The maximum Gasteiger partial charge on any atom is 0.231 e. The van der Waals surface area contributed by atoms with Crippen molar-refractivity contribution in [2.24, 2.45) is 0 Å². The Labute approximate surface area is 250 Å². The van der Waals surface area contributed by atoms with Gasteiger partial charge in [0.2, 0.25) is 21.8 Å². The molecule has 2 heterocycles. The Morgan fingerprint density at radius 1 is 0.462 bits per heavy atom. The lowest BCUT2D eigenvalue weighted by Crippen LogP contribution is -2.00. The molecule has 4 aromatic rings. The monoisotopic (exact) mass is 595 g/mol. The molecule has 0 fully saturated rings. The van der Waals surface area contributed by atoms with Crippen LogP contribution in [0, 0.1) is 20.8 Å². The molecule has 10 heteroatoms. The third-order valence-electron chi connectivity index (χ3n) is 3.38. The zero-order valence-electron chi connectivity index (χ0n) is 25.1. The molecule has 0 saturated carbocycles. The molecule has 0 aliphatic carbocycles. The number of halogens is 3. The summed E-state index contributed by atoms with van der Waals surface area (Å²) in [7, 11) is 0. The first kappa shape index (κ1) is 40.6. The van der Waals surface area contributed by atoms with Gasteiger partial charge in [0.25, 0.3) is 0 Å². The Hall–Kier alpha value is -2.87. The van der Waals surface area contributed by atoms with Gasteiger partial charge in [-0.25, -0.2) is 15.0 Å². The van der Waals surface area contributed by atoms with Crippen LogP contribution in [0.4, 0.5) is 11.6 Å². The standard InChI is InChI=1S/C10H9ClN4.C7H8.C4H3Cl2N3.4C2H6/c1-7-12-9(11)15-10(13-7)14-8-5-3-2-4-6-8;1-7-5-3-2-4-6-7;1-2-7-3(5)9-4(6)8-2;4*1-2/h2-6H,1H3,(H,12,13,14,15);2-6H,1H3;1H3;4*1-2H3. The third kappa shape index (κ3) is 22.8. The van der Waals surface area contributed by atoms with Gasteiger partial charge in [-0.1, -0.05) is 109 Å². The van der Waals surface area contributed by atoms with Gasteiger partial charge in [-0.2, -0.15) is 15.0 Å². The summed E-state index contributed by atoms with van der Waals surface area (Å²) in [6, 6.07) is 19.9. The maximum atomic E-state index is 5.71. The lowest BCUT2D eigenvalue weighted by Gasteiger charge is -2.04. The normalized spacial score (nSPS) is 8.26. The first-order valence-corrected chi connectivity index (χ1v) is 14.2. The number of para-hydroxylation sites is 1. The van der Waals surface area contributed by atoms with Gasteiger partial charge in [-0.05, 0) is 67.7 Å². The molecule has 0 spiro atoms. The Morgan fingerprint density at radius 2 is 0.821 bits per heavy atom. The SMILES string of the molecule is CC.CC.CC.CC.Cc1ccccc1.Cc1nc(Cl)nc(Cl)n1.Cc1nc(Cl)nc(Nc2ccccc2)n1. The van der Waals surface area contributed by atoms with Crippen LogP contribution in [0.25, 0.3) is 0 Å². The minimum Gasteiger partial charge on any atom is -0.324 e. The summed E-state index contributed by atoms with van der Waals surface area (Å²) < 4.78 is 0. The van der Waals surface area contributed by atoms with E-state index in [1.165, 1.54) is 5.56 Å². The van der Waals surface area contributed by atoms with Gasteiger partial charge in [0, 0.05) is 5.69 Å². The molecule has 0 saturated heterocycles. The minimum atomic E-state index is 0.132. The summed E-state index contributed by atoms with van der Waals surface area (Å²) in [5.41, 5.74) is 2.24. The molecule has 2 aromatic carbocycles. The fourth-order valence-electron chi connectivity index (χ4n) is 2.11. The summed E-state index contributed by atoms with van der Waals surface area (Å²) >= 11 is 16.5. The van der Waals surface area contributed by atoms with Crippen molar-refractivity contribution in [3.8, 4) is 0 Å². The van der Waals surface area contributed by atoms with Crippen LogP contribution in [-0.2, 0) is 0 Å². The first-order valence-electron chi connectivity index (χ1n) is 13.1. The largest absolute Gasteiger partial charge is 0.324 e. The van der Waals surface area contributed by atoms with Gasteiger partial charge in [0.05, 0.1) is 0 Å². The van der Waals surface area contributed by atoms with Crippen molar-refractivity contribution < 1.29 is 0 Å². The van der Waals surface area contributed by atoms with Crippen LogP contribution in [0.1, 0.15) is 72.6 Å². The fourth-order valence-corrected chi connectivity index (χ4v) is 2.76. The van der Waals surface area contributed by atoms with Crippen LogP contribution in [0.5, 0.6) is 0 Å². The fraction of sp³-hybridized carbons (Fsp3) is 0.379. The van der Waals surface area contributed by atoms with E-state index in [0.717, 1.165) is 5.69 Å². The highest BCUT2D eigenvalue weighted by Crippen LogP contribution is 2.13. The van der Waals surface area contributed by atoms with Gasteiger partial charge < -0.3 is 5.32 Å². The first-order chi connectivity index (χ1) is 18.8. The van der Waals surface area contributed by atoms with Gasteiger partial charge in [0.15, 0.2) is 0 Å². The predicted octanol–water partition coefficient (Wildman–Crippen LogP) is 10.2. The van der Waals surface area contributed by atoms with Crippen LogP contribution >= 0.6 is 34.8 Å². The van der Waals surface area contributed by atoms with E-state index in [0.29, 0.717) is 17.6 Å². The van der Waals surface area contributed by atoms with E-state index in [1.54, 1.807) is 13.8 Å². The molecular weight excluding hydrogens is 553 g/mol. The van der Waals surface area contributed by atoms with E-state index in [1.807, 2.05) is 104 Å². The Bertz CT molecular complexity index is 1010. The molecule has 0 aliphatic heterocycles. The second kappa shape index (κ2) is 28.1. The van der Waals surface area contributed by atoms with E-state index in [4.69, 9.17) is 34.8 Å². The number of benzene rings is 2. The molecule has 0 aliphatic rings. The number of anilines is 2. The van der Waals surface area contributed by atoms with Gasteiger partial charge >= 0.3 is 0 Å². The summed E-state index contributed by atoms with van der Waals surface area (Å²) in [5.74, 6) is 1.58. The smallest absolute Gasteiger partial charge is 0.231 e. The van der Waals surface area contributed by atoms with Crippen LogP contribution in [0.15, 0.2) is 60.7 Å². The Kier molecular flexibility index (Phi) is 29.3. The van der Waals surface area contributed by atoms with E-state index in [2.05, 4.69) is 54.3 Å². The highest BCUT2D eigenvalue weighted by molar-refractivity contribution is 6.31. The van der Waals surface area contributed by atoms with E-state index >= 15 is 0 Å². The average molecular weight is 597 g/mol. The molecule has 0 unspecified atom stereocenters. The second-order valence-corrected chi connectivity index (χ2v) is 7.06. The molecule has 4 rings (SSSR count). The number of nitrogens with one attached hydrogen (secondary N) is 1. The number of hydrogen-bond donors (Lipinski definition) is 1. The Balaban J connectivity index is -0.000000466. The summed E-state index contributed by atoms with van der Waals surface area (Å²) in [6.45, 7) is 21.5. The minimum absolute atomic E-state index is 0.132. The highest BCUT2D eigenvalue weighted by atomic mass is 35.5. The van der Waals surface area contributed by atoms with Crippen molar-refractivity contribution >= 4 is 46.4 Å². The van der Waals surface area contributed by atoms with E-state index < -0.39 is 0 Å². The van der Waals surface area contributed by atoms with Crippen molar-refractivity contribution in [1.82, 2.24) is 29.9 Å². The number of nitrogens with zero attached hydrogens (tertiary/aromatic N) is 6. The van der Waals surface area contributed by atoms with Crippen LogP contribution in [-0.4, -0.2) is 29.9 Å². The van der Waals surface area contributed by atoms with Gasteiger partial charge in [-0.3, -0.25) is 0 Å². The molecule has 0 bridgehead atoms. The lowest BCUT2D eigenvalue weighted by molar-refractivity contribution is 0.975. The van der Waals surface area contributed by atoms with E-state index in [9.17, 15) is 0 Å². The van der Waals surface area contributed by atoms with E-state index in [-0.39, 0.29) is 15.9 Å². The lowest BCUT2D eigenvalue weighted by atomic mass is 10.2. The summed E-state index contributed by atoms with van der Waals surface area (Å²) in [6.07, 6.45) is 0. The molecule has 216 valence electrons. The number of aryl methyl sites for hydroxylation is 3. The molecule has 2 aromatic heterocycles. The number of aromatic nitrogens is 6. The van der Waals surface area contributed by atoms with Gasteiger partial charge in [0.1, 0.15) is 11.6 Å². The molecule has 7 nitrogen and oxygen atoms in total. The molecule has 39 heavy (non-hydrogen) atoms. The van der Waals surface area contributed by atoms with Crippen molar-refractivity contribution in [3.63, 3.8) is 0 Å². The van der Waals surface area contributed by atoms with Crippen molar-refractivity contribution in [3.05, 3.63) is 93.7 Å². The molecule has 1 N–H and O–H groups in total. The topological polar surface area (TPSA) is 89.4 Å². The number of rotatable bonds is 2.